The highest BCUT2D eigenvalue weighted by Gasteiger charge is 2.30. The van der Waals surface area contributed by atoms with Crippen LogP contribution in [-0.2, 0) is 4.79 Å². The van der Waals surface area contributed by atoms with Crippen molar-refractivity contribution in [2.24, 2.45) is 0 Å². The molecular formula is C14H25N3O4. The lowest BCUT2D eigenvalue weighted by atomic mass is 9.98. The number of aliphatic carboxylic acids is 1. The summed E-state index contributed by atoms with van der Waals surface area (Å²) in [5.41, 5.74) is -0.671. The number of rotatable bonds is 2. The molecule has 0 spiro atoms. The number of nitrogens with zero attached hydrogens (tertiary/aromatic N) is 3. The molecular weight excluding hydrogens is 274 g/mol. The fraction of sp³-hybridized carbons (Fsp3) is 0.857. The van der Waals surface area contributed by atoms with E-state index in [0.717, 1.165) is 12.8 Å². The summed E-state index contributed by atoms with van der Waals surface area (Å²) in [4.78, 5) is 28.6. The van der Waals surface area contributed by atoms with Gasteiger partial charge in [-0.2, -0.15) is 0 Å². The summed E-state index contributed by atoms with van der Waals surface area (Å²) in [6, 6.07) is 0.0164. The number of piperazine rings is 1. The fourth-order valence-electron chi connectivity index (χ4n) is 2.94. The summed E-state index contributed by atoms with van der Waals surface area (Å²) in [7, 11) is 0. The molecule has 0 aromatic rings. The molecule has 120 valence electrons. The van der Waals surface area contributed by atoms with Gasteiger partial charge in [-0.1, -0.05) is 0 Å². The molecule has 7 nitrogen and oxygen atoms in total. The largest absolute Gasteiger partial charge is 0.480 e. The normalized spacial score (nSPS) is 28.3. The zero-order valence-electron chi connectivity index (χ0n) is 12.6. The van der Waals surface area contributed by atoms with Crippen molar-refractivity contribution in [2.75, 3.05) is 45.8 Å². The quantitative estimate of drug-likeness (QED) is 0.752. The highest BCUT2D eigenvalue weighted by molar-refractivity contribution is 5.74. The van der Waals surface area contributed by atoms with Crippen molar-refractivity contribution in [1.82, 2.24) is 14.7 Å². The second kappa shape index (κ2) is 6.62. The molecule has 1 unspecified atom stereocenters. The fourth-order valence-corrected chi connectivity index (χ4v) is 2.94. The Morgan fingerprint density at radius 3 is 2.24 bits per heavy atom. The number of aliphatic hydroxyl groups is 1. The van der Waals surface area contributed by atoms with Gasteiger partial charge in [0.1, 0.15) is 0 Å². The predicted molar refractivity (Wildman–Crippen MR) is 77.1 cm³/mol. The van der Waals surface area contributed by atoms with E-state index in [9.17, 15) is 14.7 Å². The summed E-state index contributed by atoms with van der Waals surface area (Å²) < 4.78 is 0. The number of urea groups is 1. The minimum absolute atomic E-state index is 0.0164. The number of hydrogen-bond acceptors (Lipinski definition) is 4. The first kappa shape index (κ1) is 16.0. The first-order chi connectivity index (χ1) is 9.87. The maximum Gasteiger partial charge on any atom is 0.320 e. The van der Waals surface area contributed by atoms with E-state index in [0.29, 0.717) is 45.7 Å². The Labute approximate surface area is 125 Å². The Hall–Kier alpha value is -1.34. The number of carbonyl (C=O) groups excluding carboxylic acids is 1. The zero-order valence-corrected chi connectivity index (χ0v) is 12.6. The summed E-state index contributed by atoms with van der Waals surface area (Å²) in [5, 5.41) is 18.8. The van der Waals surface area contributed by atoms with E-state index in [1.54, 1.807) is 4.90 Å². The molecule has 0 saturated carbocycles. The molecule has 7 heteroatoms. The molecule has 0 radical (unpaired) electrons. The number of carbonyl (C=O) groups is 2. The average molecular weight is 299 g/mol. The van der Waals surface area contributed by atoms with Crippen LogP contribution in [0.1, 0.15) is 26.2 Å². The van der Waals surface area contributed by atoms with Crippen LogP contribution >= 0.6 is 0 Å². The zero-order chi connectivity index (χ0) is 15.5. The van der Waals surface area contributed by atoms with Crippen LogP contribution in [0, 0.1) is 0 Å². The second-order valence-electron chi connectivity index (χ2n) is 6.28. The van der Waals surface area contributed by atoms with Gasteiger partial charge in [-0.15, -0.1) is 0 Å². The van der Waals surface area contributed by atoms with Crippen LogP contribution in [0.25, 0.3) is 0 Å². The van der Waals surface area contributed by atoms with Crippen LogP contribution < -0.4 is 0 Å². The van der Waals surface area contributed by atoms with E-state index in [4.69, 9.17) is 5.11 Å². The third-order valence-electron chi connectivity index (χ3n) is 4.34. The highest BCUT2D eigenvalue weighted by Crippen LogP contribution is 2.22. The van der Waals surface area contributed by atoms with Gasteiger partial charge in [0.25, 0.3) is 0 Å². The Bertz CT molecular complexity index is 392. The monoisotopic (exact) mass is 299 g/mol. The number of likely N-dealkylation sites (tertiary alicyclic amines) is 1. The van der Waals surface area contributed by atoms with E-state index in [-0.39, 0.29) is 12.6 Å². The minimum Gasteiger partial charge on any atom is -0.480 e. The first-order valence-electron chi connectivity index (χ1n) is 7.58. The van der Waals surface area contributed by atoms with Gasteiger partial charge in [-0.3, -0.25) is 9.69 Å². The van der Waals surface area contributed by atoms with Gasteiger partial charge in [-0.05, 0) is 26.2 Å². The van der Waals surface area contributed by atoms with E-state index in [1.807, 2.05) is 16.7 Å². The Balaban J connectivity index is 1.83. The lowest BCUT2D eigenvalue weighted by Crippen LogP contribution is -2.53. The molecule has 1 atom stereocenters. The smallest absolute Gasteiger partial charge is 0.320 e. The summed E-state index contributed by atoms with van der Waals surface area (Å²) in [6.07, 6.45) is 2.15. The lowest BCUT2D eigenvalue weighted by molar-refractivity contribution is -0.138. The summed E-state index contributed by atoms with van der Waals surface area (Å²) in [6.45, 7) is 5.47. The van der Waals surface area contributed by atoms with Crippen LogP contribution in [0.3, 0.4) is 0 Å². The molecule has 0 aromatic carbocycles. The second-order valence-corrected chi connectivity index (χ2v) is 6.28. The van der Waals surface area contributed by atoms with Gasteiger partial charge in [-0.25, -0.2) is 4.79 Å². The highest BCUT2D eigenvalue weighted by atomic mass is 16.4. The molecule has 2 N–H and O–H groups in total. The molecule has 2 rings (SSSR count). The van der Waals surface area contributed by atoms with Crippen molar-refractivity contribution in [2.45, 2.75) is 31.8 Å². The number of amides is 2. The van der Waals surface area contributed by atoms with Gasteiger partial charge >= 0.3 is 12.0 Å². The number of hydrogen-bond donors (Lipinski definition) is 2. The summed E-state index contributed by atoms with van der Waals surface area (Å²) >= 11 is 0. The SMILES string of the molecule is CC1(O)CCCN(C(=O)N2CCN(CC(=O)O)CC2)CC1. The molecule has 2 heterocycles. The van der Waals surface area contributed by atoms with Crippen molar-refractivity contribution >= 4 is 12.0 Å². The van der Waals surface area contributed by atoms with Gasteiger partial charge in [0.15, 0.2) is 0 Å². The molecule has 0 aromatic heterocycles. The van der Waals surface area contributed by atoms with Gasteiger partial charge in [0.2, 0.25) is 0 Å². The third-order valence-corrected chi connectivity index (χ3v) is 4.34. The molecule has 0 aliphatic carbocycles. The van der Waals surface area contributed by atoms with Gasteiger partial charge in [0, 0.05) is 39.3 Å². The Kier molecular flexibility index (Phi) is 5.05. The van der Waals surface area contributed by atoms with Crippen molar-refractivity contribution < 1.29 is 19.8 Å². The van der Waals surface area contributed by atoms with E-state index in [2.05, 4.69) is 0 Å². The van der Waals surface area contributed by atoms with Gasteiger partial charge in [0.05, 0.1) is 12.1 Å². The molecule has 2 aliphatic heterocycles. The van der Waals surface area contributed by atoms with Crippen LogP contribution in [0.4, 0.5) is 4.79 Å². The average Bonchev–Trinajstić information content (AvgIpc) is 2.59. The summed E-state index contributed by atoms with van der Waals surface area (Å²) in [5.74, 6) is -0.829. The molecule has 2 amide bonds. The van der Waals surface area contributed by atoms with Crippen LogP contribution in [0.15, 0.2) is 0 Å². The maximum atomic E-state index is 12.5. The van der Waals surface area contributed by atoms with Crippen molar-refractivity contribution in [1.29, 1.82) is 0 Å². The Morgan fingerprint density at radius 1 is 1.00 bits per heavy atom. The van der Waals surface area contributed by atoms with E-state index >= 15 is 0 Å². The molecule has 2 fully saturated rings. The maximum absolute atomic E-state index is 12.5. The van der Waals surface area contributed by atoms with Crippen LogP contribution in [0.2, 0.25) is 0 Å². The van der Waals surface area contributed by atoms with Crippen LogP contribution in [0.5, 0.6) is 0 Å². The lowest BCUT2D eigenvalue weighted by Gasteiger charge is -2.36. The Morgan fingerprint density at radius 2 is 1.62 bits per heavy atom. The standard InChI is InChI=1S/C14H25N3O4/c1-14(21)3-2-5-16(6-4-14)13(20)17-9-7-15(8-10-17)11-12(18)19/h21H,2-11H2,1H3,(H,18,19). The third kappa shape index (κ3) is 4.57. The first-order valence-corrected chi connectivity index (χ1v) is 7.58. The topological polar surface area (TPSA) is 84.3 Å². The molecule has 2 saturated heterocycles. The van der Waals surface area contributed by atoms with E-state index < -0.39 is 11.6 Å². The van der Waals surface area contributed by atoms with Crippen molar-refractivity contribution in [3.8, 4) is 0 Å². The predicted octanol–water partition coefficient (Wildman–Crippen LogP) is 0.0455. The molecule has 2 aliphatic rings. The number of carboxylic acid groups (broad SMARTS) is 1. The van der Waals surface area contributed by atoms with Crippen molar-refractivity contribution in [3.05, 3.63) is 0 Å². The minimum atomic E-state index is -0.829. The van der Waals surface area contributed by atoms with E-state index in [1.165, 1.54) is 0 Å². The number of carboxylic acids is 1. The van der Waals surface area contributed by atoms with Crippen molar-refractivity contribution in [3.63, 3.8) is 0 Å². The van der Waals surface area contributed by atoms with Gasteiger partial charge < -0.3 is 20.0 Å². The molecule has 0 bridgehead atoms. The van der Waals surface area contributed by atoms with Crippen LogP contribution in [-0.4, -0.2) is 88.3 Å². The molecule has 21 heavy (non-hydrogen) atoms.